The summed E-state index contributed by atoms with van der Waals surface area (Å²) in [4.78, 5) is 6.04. The molecule has 2 heterocycles. The monoisotopic (exact) mass is 494 g/mol. The Morgan fingerprint density at radius 2 is 2.20 bits per heavy atom. The molecule has 1 atom stereocenters. The fourth-order valence-corrected chi connectivity index (χ4v) is 2.95. The smallest absolute Gasteiger partial charge is 0.191 e. The number of nitrogens with one attached hydrogen (secondary N) is 2. The van der Waals surface area contributed by atoms with E-state index in [2.05, 4.69) is 56.5 Å². The number of aliphatic imine (C=N–C) groups is 1. The highest BCUT2D eigenvalue weighted by atomic mass is 127. The van der Waals surface area contributed by atoms with E-state index in [1.54, 1.807) is 11.3 Å². The van der Waals surface area contributed by atoms with Crippen molar-refractivity contribution < 1.29 is 0 Å². The second kappa shape index (κ2) is 11.7. The molecule has 2 rings (SSSR count). The van der Waals surface area contributed by atoms with Crippen molar-refractivity contribution in [2.45, 2.75) is 32.1 Å². The van der Waals surface area contributed by atoms with Gasteiger partial charge in [0.2, 0.25) is 0 Å². The fourth-order valence-electron chi connectivity index (χ4n) is 2.00. The van der Waals surface area contributed by atoms with Crippen molar-refractivity contribution >= 4 is 53.0 Å². The molecule has 6 nitrogen and oxygen atoms in total. The lowest BCUT2D eigenvalue weighted by atomic mass is 10.3. The van der Waals surface area contributed by atoms with E-state index in [0.717, 1.165) is 37.1 Å². The summed E-state index contributed by atoms with van der Waals surface area (Å²) in [7, 11) is 1.97. The minimum Gasteiger partial charge on any atom is -0.356 e. The number of thioether (sulfide) groups is 1. The van der Waals surface area contributed by atoms with Gasteiger partial charge in [-0.25, -0.2) is 4.99 Å². The van der Waals surface area contributed by atoms with Gasteiger partial charge in [-0.1, -0.05) is 13.0 Å². The zero-order valence-electron chi connectivity index (χ0n) is 15.2. The average molecular weight is 494 g/mol. The molecular formula is C16H27IN6S2. The van der Waals surface area contributed by atoms with E-state index >= 15 is 0 Å². The van der Waals surface area contributed by atoms with Gasteiger partial charge in [0.15, 0.2) is 11.8 Å². The van der Waals surface area contributed by atoms with Crippen molar-refractivity contribution in [3.05, 3.63) is 34.0 Å². The molecule has 0 aliphatic rings. The van der Waals surface area contributed by atoms with Gasteiger partial charge in [0.25, 0.3) is 0 Å². The van der Waals surface area contributed by atoms with Crippen molar-refractivity contribution in [2.75, 3.05) is 19.3 Å². The van der Waals surface area contributed by atoms with Gasteiger partial charge in [0.1, 0.15) is 12.4 Å². The van der Waals surface area contributed by atoms with Crippen molar-refractivity contribution in [3.8, 4) is 0 Å². The van der Waals surface area contributed by atoms with E-state index in [1.165, 1.54) is 4.88 Å². The number of hydrogen-bond donors (Lipinski definition) is 2. The van der Waals surface area contributed by atoms with E-state index in [4.69, 9.17) is 0 Å². The predicted molar refractivity (Wildman–Crippen MR) is 119 cm³/mol. The summed E-state index contributed by atoms with van der Waals surface area (Å²) >= 11 is 3.62. The Kier molecular flexibility index (Phi) is 10.4. The maximum absolute atomic E-state index is 4.66. The van der Waals surface area contributed by atoms with E-state index in [-0.39, 0.29) is 24.0 Å². The van der Waals surface area contributed by atoms with Gasteiger partial charge in [-0.15, -0.1) is 45.5 Å². The molecule has 0 aromatic carbocycles. The predicted octanol–water partition coefficient (Wildman–Crippen LogP) is 2.83. The molecule has 1 unspecified atom stereocenters. The number of rotatable bonds is 8. The van der Waals surface area contributed by atoms with E-state index in [1.807, 2.05) is 30.3 Å². The molecule has 0 bridgehead atoms. The lowest BCUT2D eigenvalue weighted by Gasteiger charge is -2.15. The summed E-state index contributed by atoms with van der Waals surface area (Å²) in [5.41, 5.74) is 0. The molecule has 0 saturated heterocycles. The number of aryl methyl sites for hydroxylation is 1. The number of nitrogens with zero attached hydrogens (tertiary/aromatic N) is 4. The molecule has 25 heavy (non-hydrogen) atoms. The summed E-state index contributed by atoms with van der Waals surface area (Å²) in [6.07, 6.45) is 3.12. The van der Waals surface area contributed by atoms with Crippen molar-refractivity contribution in [1.29, 1.82) is 0 Å². The minimum absolute atomic E-state index is 0. The zero-order valence-corrected chi connectivity index (χ0v) is 19.1. The second-order valence-corrected chi connectivity index (χ2v) is 7.88. The summed E-state index contributed by atoms with van der Waals surface area (Å²) in [6.45, 7) is 6.40. The molecule has 0 radical (unpaired) electrons. The minimum atomic E-state index is 0. The molecule has 0 saturated carbocycles. The Labute approximate surface area is 175 Å². The Morgan fingerprint density at radius 3 is 2.80 bits per heavy atom. The normalized spacial score (nSPS) is 12.6. The van der Waals surface area contributed by atoms with Gasteiger partial charge in [-0.3, -0.25) is 0 Å². The molecule has 0 fully saturated rings. The van der Waals surface area contributed by atoms with Crippen LogP contribution in [0.1, 0.15) is 23.4 Å². The van der Waals surface area contributed by atoms with E-state index < -0.39 is 0 Å². The third-order valence-corrected chi connectivity index (χ3v) is 5.67. The van der Waals surface area contributed by atoms with Gasteiger partial charge < -0.3 is 15.2 Å². The van der Waals surface area contributed by atoms with Crippen LogP contribution >= 0.6 is 47.1 Å². The van der Waals surface area contributed by atoms with E-state index in [9.17, 15) is 0 Å². The number of thiophene rings is 1. The Morgan fingerprint density at radius 1 is 1.40 bits per heavy atom. The van der Waals surface area contributed by atoms with Crippen LogP contribution in [-0.4, -0.2) is 45.3 Å². The second-order valence-electron chi connectivity index (χ2n) is 5.57. The van der Waals surface area contributed by atoms with Gasteiger partial charge in [-0.05, 0) is 31.0 Å². The van der Waals surface area contributed by atoms with Gasteiger partial charge in [0, 0.05) is 30.3 Å². The van der Waals surface area contributed by atoms with Gasteiger partial charge in [-0.2, -0.15) is 11.8 Å². The summed E-state index contributed by atoms with van der Waals surface area (Å²) in [6, 6.07) is 4.25. The summed E-state index contributed by atoms with van der Waals surface area (Å²) in [5.74, 6) is 2.59. The third kappa shape index (κ3) is 7.53. The maximum Gasteiger partial charge on any atom is 0.191 e. The Balaban J connectivity index is 0.00000312. The number of guanidine groups is 1. The molecule has 0 aliphatic heterocycles. The maximum atomic E-state index is 4.66. The van der Waals surface area contributed by atoms with Gasteiger partial charge >= 0.3 is 0 Å². The van der Waals surface area contributed by atoms with Gasteiger partial charge in [0.05, 0.1) is 0 Å². The van der Waals surface area contributed by atoms with Crippen LogP contribution in [0.25, 0.3) is 0 Å². The highest BCUT2D eigenvalue weighted by Gasteiger charge is 2.06. The first-order chi connectivity index (χ1) is 11.6. The molecule has 0 aliphatic carbocycles. The molecule has 140 valence electrons. The number of hydrogen-bond acceptors (Lipinski definition) is 5. The molecule has 0 amide bonds. The lowest BCUT2D eigenvalue weighted by Crippen LogP contribution is -2.41. The van der Waals surface area contributed by atoms with E-state index in [0.29, 0.717) is 11.8 Å². The van der Waals surface area contributed by atoms with Crippen LogP contribution < -0.4 is 10.6 Å². The highest BCUT2D eigenvalue weighted by molar-refractivity contribution is 14.0. The average Bonchev–Trinajstić information content (AvgIpc) is 3.21. The first kappa shape index (κ1) is 22.2. The third-order valence-electron chi connectivity index (χ3n) is 3.76. The number of halogens is 1. The van der Waals surface area contributed by atoms with Crippen LogP contribution in [0.4, 0.5) is 0 Å². The Hall–Kier alpha value is -0.810. The van der Waals surface area contributed by atoms with Crippen LogP contribution in [0, 0.1) is 6.92 Å². The lowest BCUT2D eigenvalue weighted by molar-refractivity contribution is 0.745. The Bertz CT molecular complexity index is 641. The summed E-state index contributed by atoms with van der Waals surface area (Å²) < 4.78 is 1.97. The molecule has 0 spiro atoms. The molecule has 2 N–H and O–H groups in total. The first-order valence-corrected chi connectivity index (χ1v) is 10.2. The highest BCUT2D eigenvalue weighted by Crippen LogP contribution is 2.08. The van der Waals surface area contributed by atoms with Crippen LogP contribution in [0.15, 0.2) is 22.5 Å². The standard InChI is InChI=1S/C16H26N6S2.HI/c1-12(23-4)10-18-16(17-8-7-14-6-5-9-24-14)19-11-15-21-20-13(2)22(15)3;/h5-6,9,12H,7-8,10-11H2,1-4H3,(H2,17,18,19);1H. The largest absolute Gasteiger partial charge is 0.356 e. The fraction of sp³-hybridized carbons (Fsp3) is 0.562. The topological polar surface area (TPSA) is 67.1 Å². The summed E-state index contributed by atoms with van der Waals surface area (Å²) in [5, 5.41) is 17.7. The quantitative estimate of drug-likeness (QED) is 0.336. The van der Waals surface area contributed by atoms with Crippen LogP contribution in [0.5, 0.6) is 0 Å². The van der Waals surface area contributed by atoms with Crippen molar-refractivity contribution in [1.82, 2.24) is 25.4 Å². The molecule has 2 aromatic heterocycles. The van der Waals surface area contributed by atoms with Crippen molar-refractivity contribution in [2.24, 2.45) is 12.0 Å². The zero-order chi connectivity index (χ0) is 17.4. The molecular weight excluding hydrogens is 467 g/mol. The van der Waals surface area contributed by atoms with Crippen molar-refractivity contribution in [3.63, 3.8) is 0 Å². The number of aromatic nitrogens is 3. The van der Waals surface area contributed by atoms with Crippen LogP contribution in [0.3, 0.4) is 0 Å². The molecule has 9 heteroatoms. The first-order valence-electron chi connectivity index (χ1n) is 8.02. The van der Waals surface area contributed by atoms with Crippen LogP contribution in [0.2, 0.25) is 0 Å². The molecule has 2 aromatic rings. The van der Waals surface area contributed by atoms with Crippen LogP contribution in [-0.2, 0) is 20.0 Å². The SMILES string of the molecule is CSC(C)CNC(=NCc1nnc(C)n1C)NCCc1cccs1.I.